The number of carboxylic acids is 2. The smallest absolute Gasteiger partial charge is 0.335 e. The average Bonchev–Trinajstić information content (AvgIpc) is 0.796. The monoisotopic (exact) mass is 1610 g/mol. The minimum absolute atomic E-state index is 0.0673. The first-order valence-corrected chi connectivity index (χ1v) is 40.1. The second-order valence-electron chi connectivity index (χ2n) is 39.0. The highest BCUT2D eigenvalue weighted by Gasteiger charge is 2.48. The van der Waals surface area contributed by atoms with Gasteiger partial charge in [0.25, 0.3) is 5.91 Å². The predicted octanol–water partition coefficient (Wildman–Crippen LogP) is 17.3. The lowest BCUT2D eigenvalue weighted by atomic mass is 9.90. The zero-order chi connectivity index (χ0) is 87.8. The van der Waals surface area contributed by atoms with Gasteiger partial charge < -0.3 is 99.9 Å². The van der Waals surface area contributed by atoms with Crippen LogP contribution in [-0.2, 0) is 75.8 Å². The lowest BCUT2D eigenvalue weighted by molar-refractivity contribution is -0.255. The number of aliphatic hydroxyl groups excluding tert-OH is 4. The van der Waals surface area contributed by atoms with Crippen molar-refractivity contribution in [2.45, 2.75) is 353 Å². The van der Waals surface area contributed by atoms with Gasteiger partial charge in [-0.25, -0.2) is 9.59 Å². The third-order valence-corrected chi connectivity index (χ3v) is 16.5. The molecule has 0 aliphatic carbocycles. The van der Waals surface area contributed by atoms with Crippen LogP contribution >= 0.6 is 0 Å². The Morgan fingerprint density at radius 2 is 0.791 bits per heavy atom. The summed E-state index contributed by atoms with van der Waals surface area (Å²) in [6.45, 7) is 65.8. The van der Waals surface area contributed by atoms with Crippen LogP contribution in [0.25, 0.3) is 6.08 Å². The fourth-order valence-electron chi connectivity index (χ4n) is 10.5. The minimum atomic E-state index is -1.57. The first-order chi connectivity index (χ1) is 52.5. The highest BCUT2D eigenvalue weighted by molar-refractivity contribution is 5.97. The molecule has 2 saturated heterocycles. The first-order valence-electron chi connectivity index (χ1n) is 40.1. The fraction of sp³-hybridized carbons (Fsp3) is 0.620. The Morgan fingerprint density at radius 3 is 1.19 bits per heavy atom. The lowest BCUT2D eigenvalue weighted by Crippen LogP contribution is -2.57. The molecule has 0 unspecified atom stereocenters. The number of amides is 1. The molecular weight excluding hydrogens is 1460 g/mol. The number of carboxylic acid groups (broad SMARTS) is 2. The number of ether oxygens (including phenoxy) is 9. The van der Waals surface area contributed by atoms with Crippen molar-refractivity contribution >= 4 is 41.0 Å². The molecule has 23 heteroatoms. The van der Waals surface area contributed by atoms with Crippen LogP contribution in [-0.4, -0.2) is 160 Å². The summed E-state index contributed by atoms with van der Waals surface area (Å²) in [4.78, 5) is 35.8. The highest BCUT2D eigenvalue weighted by Crippen LogP contribution is 2.36. The standard InChI is InChI=1S/C23H35NO8.C22H35NO7.C17H27NO.2C15H25NO/c1-12-16(25)18(20(28)29)32-21(17(12)26)31-15-9-8-13(11-30-23(5,6)7)10-14(15)19(27)24-22(2,3)4;1-12-16(24)18(19(26)27)30-20(17(12)25)29-15-9-8-13(11-28-22(5,6)7)10-14(15)23-21(2,3)4;1-14(2)18-12-6-7-15-8-10-16(11-9-15)13-19-17(3,4)5;1-14(2,3)16-13-9-7-12(8-10-13)11-17-15(4,5)6;1-14(2,3)16-13-10-8-7-9-12(13)11-17-15(4,5)6/h8-10,12,16-18,21,25-26H,11H2,1-7H3,(H,24,27)(H,28,29);8-10,12,16-18,20,23-25H,11H2,1-7H3,(H,26,27);6-11,14,18H,12-13H2,1-5H3;2*7-10,16H,11H2,1-6H3/b;;7-6+;;/t12-,16-,17+,18-,21+;12-,16-,17+,18-,20+;;;/m00.../s1. The lowest BCUT2D eigenvalue weighted by Gasteiger charge is -2.39. The molecule has 23 nitrogen and oxygen atoms in total. The highest BCUT2D eigenvalue weighted by atomic mass is 16.7. The molecule has 2 aliphatic rings. The maximum absolute atomic E-state index is 13.0. The van der Waals surface area contributed by atoms with Gasteiger partial charge in [-0.05, 0) is 257 Å². The molecule has 0 aromatic heterocycles. The molecule has 648 valence electrons. The summed E-state index contributed by atoms with van der Waals surface area (Å²) in [6.07, 6.45) is -6.59. The largest absolute Gasteiger partial charge is 0.479 e. The van der Waals surface area contributed by atoms with Crippen LogP contribution in [0.15, 0.2) is 115 Å². The van der Waals surface area contributed by atoms with E-state index < -0.39 is 84.4 Å². The van der Waals surface area contributed by atoms with Crippen molar-refractivity contribution in [3.8, 4) is 11.5 Å². The number of benzene rings is 5. The van der Waals surface area contributed by atoms with Gasteiger partial charge in [-0.3, -0.25) is 4.79 Å². The molecule has 5 aromatic rings. The van der Waals surface area contributed by atoms with Crippen LogP contribution in [0.2, 0.25) is 0 Å². The van der Waals surface area contributed by atoms with E-state index in [4.69, 9.17) is 42.6 Å². The molecule has 2 fully saturated rings. The van der Waals surface area contributed by atoms with Gasteiger partial charge in [-0.1, -0.05) is 107 Å². The van der Waals surface area contributed by atoms with Crippen molar-refractivity contribution in [2.24, 2.45) is 11.8 Å². The number of aliphatic hydroxyl groups is 4. The van der Waals surface area contributed by atoms with E-state index in [1.807, 2.05) is 95.2 Å². The van der Waals surface area contributed by atoms with Crippen LogP contribution < -0.4 is 36.1 Å². The molecule has 11 N–H and O–H groups in total. The van der Waals surface area contributed by atoms with Gasteiger partial charge in [0, 0.05) is 63.5 Å². The maximum atomic E-state index is 13.0. The SMILES string of the molecule is CC(C)(C)Nc1ccc(COC(C)(C)C)cc1.CC(C)(C)Nc1ccccc1COC(C)(C)C.CC(C)NC/C=C/c1ccc(COC(C)(C)C)cc1.C[C@@H]1[C@@H](O)[C@H](Oc2ccc(COC(C)(C)C)cc2C(=O)NC(C)(C)C)O[C@H](C(=O)O)[C@H]1O.C[C@@H]1[C@@H](O)[C@H](Oc2ccc(COC(C)(C)C)cc2NC(C)(C)C)O[C@H](C(=O)O)[C@H]1O. The van der Waals surface area contributed by atoms with Crippen LogP contribution in [0, 0.1) is 11.8 Å². The van der Waals surface area contributed by atoms with E-state index in [0.29, 0.717) is 43.9 Å². The molecule has 7 rings (SSSR count). The summed E-state index contributed by atoms with van der Waals surface area (Å²) in [7, 11) is 0. The molecule has 0 radical (unpaired) electrons. The Kier molecular flexibility index (Phi) is 39.0. The summed E-state index contributed by atoms with van der Waals surface area (Å²) in [6, 6.07) is 36.2. The molecule has 10 atom stereocenters. The molecular formula is C92H147N5O18. The summed E-state index contributed by atoms with van der Waals surface area (Å²) >= 11 is 0. The van der Waals surface area contributed by atoms with Gasteiger partial charge in [-0.15, -0.1) is 0 Å². The zero-order valence-electron chi connectivity index (χ0n) is 75.2. The van der Waals surface area contributed by atoms with E-state index in [2.05, 4.69) is 229 Å². The quantitative estimate of drug-likeness (QED) is 0.0273. The van der Waals surface area contributed by atoms with Crippen LogP contribution in [0.1, 0.15) is 258 Å². The van der Waals surface area contributed by atoms with Gasteiger partial charge in [-0.2, -0.15) is 0 Å². The van der Waals surface area contributed by atoms with Crippen molar-refractivity contribution in [3.05, 3.63) is 154 Å². The maximum Gasteiger partial charge on any atom is 0.335 e. The molecule has 115 heavy (non-hydrogen) atoms. The number of hydrogen-bond acceptors (Lipinski definition) is 20. The second-order valence-corrected chi connectivity index (χ2v) is 39.0. The minimum Gasteiger partial charge on any atom is -0.479 e. The number of hydrogen-bond donors (Lipinski definition) is 11. The Hall–Kier alpha value is -7.23. The number of nitrogens with one attached hydrogen (secondary N) is 5. The van der Waals surface area contributed by atoms with Crippen LogP contribution in [0.3, 0.4) is 0 Å². The van der Waals surface area contributed by atoms with Crippen molar-refractivity contribution in [3.63, 3.8) is 0 Å². The first kappa shape index (κ1) is 102. The van der Waals surface area contributed by atoms with Gasteiger partial charge in [0.2, 0.25) is 12.6 Å². The molecule has 2 aliphatic heterocycles. The molecule has 5 aromatic carbocycles. The van der Waals surface area contributed by atoms with E-state index in [1.54, 1.807) is 31.2 Å². The number of aliphatic carboxylic acids is 2. The Morgan fingerprint density at radius 1 is 0.426 bits per heavy atom. The average molecular weight is 1610 g/mol. The number of rotatable bonds is 24. The van der Waals surface area contributed by atoms with Crippen molar-refractivity contribution in [1.29, 1.82) is 0 Å². The third-order valence-electron chi connectivity index (χ3n) is 16.5. The summed E-state index contributed by atoms with van der Waals surface area (Å²) < 4.78 is 51.3. The third kappa shape index (κ3) is 42.1. The number of carbonyl (C=O) groups is 3. The van der Waals surface area contributed by atoms with Crippen molar-refractivity contribution < 1.29 is 87.7 Å². The Balaban J connectivity index is 0.000000382. The van der Waals surface area contributed by atoms with Gasteiger partial charge in [0.05, 0.1) is 84.5 Å². The van der Waals surface area contributed by atoms with E-state index in [0.717, 1.165) is 29.0 Å². The summed E-state index contributed by atoms with van der Waals surface area (Å²) in [5.41, 5.74) is 8.15. The van der Waals surface area contributed by atoms with Crippen LogP contribution in [0.4, 0.5) is 17.1 Å². The molecule has 0 saturated carbocycles. The zero-order valence-corrected chi connectivity index (χ0v) is 75.2. The Bertz CT molecular complexity index is 3760. The van der Waals surface area contributed by atoms with E-state index in [9.17, 15) is 45.0 Å². The van der Waals surface area contributed by atoms with Gasteiger partial charge >= 0.3 is 11.9 Å². The summed E-state index contributed by atoms with van der Waals surface area (Å²) in [5.74, 6) is -4.12. The summed E-state index contributed by atoms with van der Waals surface area (Å²) in [5, 5.41) is 76.3. The fourth-order valence-corrected chi connectivity index (χ4v) is 10.5. The molecule has 1 amide bonds. The normalized spacial score (nSPS) is 20.3. The molecule has 0 bridgehead atoms. The number of para-hydroxylation sites is 1. The number of anilines is 3. The number of carbonyl (C=O) groups excluding carboxylic acids is 1. The van der Waals surface area contributed by atoms with Crippen molar-refractivity contribution in [2.75, 3.05) is 22.5 Å². The van der Waals surface area contributed by atoms with Crippen LogP contribution in [0.5, 0.6) is 11.5 Å². The van der Waals surface area contributed by atoms with E-state index in [-0.39, 0.29) is 62.5 Å². The second kappa shape index (κ2) is 44.0. The molecule has 0 spiro atoms. The predicted molar refractivity (Wildman–Crippen MR) is 461 cm³/mol. The van der Waals surface area contributed by atoms with Gasteiger partial charge in [0.15, 0.2) is 12.2 Å². The van der Waals surface area contributed by atoms with E-state index in [1.165, 1.54) is 29.2 Å². The molecule has 2 heterocycles. The van der Waals surface area contributed by atoms with Gasteiger partial charge in [0.1, 0.15) is 23.7 Å². The van der Waals surface area contributed by atoms with Crippen molar-refractivity contribution in [1.82, 2.24) is 10.6 Å². The van der Waals surface area contributed by atoms with E-state index >= 15 is 0 Å². The topological polar surface area (TPSA) is 316 Å². The Labute approximate surface area is 689 Å².